The van der Waals surface area contributed by atoms with Crippen LogP contribution in [0, 0.1) is 5.41 Å². The maximum Gasteiger partial charge on any atom is 0.211 e. The first-order valence-corrected chi connectivity index (χ1v) is 7.93. The van der Waals surface area contributed by atoms with Crippen LogP contribution in [0.2, 0.25) is 0 Å². The van der Waals surface area contributed by atoms with Crippen molar-refractivity contribution in [1.82, 2.24) is 9.62 Å². The van der Waals surface area contributed by atoms with Crippen LogP contribution in [-0.4, -0.2) is 44.3 Å². The highest BCUT2D eigenvalue weighted by molar-refractivity contribution is 14.1. The number of rotatable bonds is 4. The molecule has 1 aliphatic rings. The lowest BCUT2D eigenvalue weighted by Crippen LogP contribution is -2.43. The highest BCUT2D eigenvalue weighted by Gasteiger charge is 2.23. The van der Waals surface area contributed by atoms with Crippen molar-refractivity contribution in [1.29, 1.82) is 5.41 Å². The first-order chi connectivity index (χ1) is 7.43. The van der Waals surface area contributed by atoms with E-state index < -0.39 is 10.0 Å². The zero-order chi connectivity index (χ0) is 12.2. The molecule has 92 valence electrons. The quantitative estimate of drug-likeness (QED) is 0.581. The van der Waals surface area contributed by atoms with E-state index in [9.17, 15) is 8.42 Å². The normalized spacial score (nSPS) is 20.8. The lowest BCUT2D eigenvalue weighted by molar-refractivity contribution is 0.305. The summed E-state index contributed by atoms with van der Waals surface area (Å²) in [5, 5.41) is 10.2. The monoisotopic (exact) mass is 357 g/mol. The Labute approximate surface area is 110 Å². The first-order valence-electron chi connectivity index (χ1n) is 5.01. The summed E-state index contributed by atoms with van der Waals surface area (Å²) >= 11 is 2.07. The van der Waals surface area contributed by atoms with Gasteiger partial charge in [0.05, 0.1) is 6.26 Å². The van der Waals surface area contributed by atoms with Crippen molar-refractivity contribution < 1.29 is 8.42 Å². The predicted octanol–water partition coefficient (Wildman–Crippen LogP) is 0.926. The fourth-order valence-electron chi connectivity index (χ4n) is 1.59. The number of sulfonamides is 1. The molecule has 5 nitrogen and oxygen atoms in total. The maximum absolute atomic E-state index is 11.3. The van der Waals surface area contributed by atoms with Gasteiger partial charge in [-0.1, -0.05) is 0 Å². The molecule has 0 saturated carbocycles. The molecular weight excluding hydrogens is 341 g/mol. The molecule has 0 spiro atoms. The van der Waals surface area contributed by atoms with Gasteiger partial charge in [0.25, 0.3) is 0 Å². The lowest BCUT2D eigenvalue weighted by Gasteiger charge is -2.30. The van der Waals surface area contributed by atoms with Gasteiger partial charge in [0.2, 0.25) is 10.0 Å². The second-order valence-electron chi connectivity index (χ2n) is 3.78. The average Bonchev–Trinajstić information content (AvgIpc) is 2.25. The number of piperidine rings is 1. The highest BCUT2D eigenvalue weighted by atomic mass is 127. The van der Waals surface area contributed by atoms with Gasteiger partial charge in [0.15, 0.2) is 0 Å². The van der Waals surface area contributed by atoms with Crippen molar-refractivity contribution in [3.8, 4) is 0 Å². The summed E-state index contributed by atoms with van der Waals surface area (Å²) in [4.78, 5) is 0. The smallest absolute Gasteiger partial charge is 0.211 e. The minimum absolute atomic E-state index is 0.308. The Kier molecular flexibility index (Phi) is 5.19. The Balaban J connectivity index is 2.41. The Morgan fingerprint density at radius 2 is 2.06 bits per heavy atom. The molecule has 0 aromatic carbocycles. The lowest BCUT2D eigenvalue weighted by atomic mass is 10.1. The molecule has 0 unspecified atom stereocenters. The SMILES string of the molecule is CS(=O)(=O)N1CCC(N/C=C(/I)C=N)CC1. The van der Waals surface area contributed by atoms with Crippen molar-refractivity contribution in [2.24, 2.45) is 0 Å². The fourth-order valence-corrected chi connectivity index (χ4v) is 2.65. The molecular formula is C9H16IN3O2S. The average molecular weight is 357 g/mol. The number of hydrogen-bond acceptors (Lipinski definition) is 4. The Morgan fingerprint density at radius 3 is 2.50 bits per heavy atom. The van der Waals surface area contributed by atoms with Crippen molar-refractivity contribution in [2.75, 3.05) is 19.3 Å². The van der Waals surface area contributed by atoms with Crippen LogP contribution in [0.5, 0.6) is 0 Å². The van der Waals surface area contributed by atoms with Crippen LogP contribution in [0.15, 0.2) is 9.78 Å². The van der Waals surface area contributed by atoms with E-state index in [1.165, 1.54) is 16.8 Å². The van der Waals surface area contributed by atoms with Crippen LogP contribution in [0.25, 0.3) is 0 Å². The Hall–Kier alpha value is -0.150. The molecule has 1 fully saturated rings. The van der Waals surface area contributed by atoms with Crippen LogP contribution in [-0.2, 0) is 10.0 Å². The summed E-state index contributed by atoms with van der Waals surface area (Å²) < 4.78 is 24.9. The van der Waals surface area contributed by atoms with E-state index in [1.807, 2.05) is 0 Å². The molecule has 1 aliphatic heterocycles. The van der Waals surface area contributed by atoms with Gasteiger partial charge < -0.3 is 10.7 Å². The summed E-state index contributed by atoms with van der Waals surface area (Å²) in [6.07, 6.45) is 5.95. The Morgan fingerprint density at radius 1 is 1.50 bits per heavy atom. The third-order valence-corrected chi connectivity index (χ3v) is 4.44. The summed E-state index contributed by atoms with van der Waals surface area (Å²) in [7, 11) is -3.03. The van der Waals surface area contributed by atoms with Crippen molar-refractivity contribution >= 4 is 38.8 Å². The van der Waals surface area contributed by atoms with E-state index in [0.29, 0.717) is 19.1 Å². The van der Waals surface area contributed by atoms with Gasteiger partial charge in [-0.3, -0.25) is 0 Å². The third-order valence-electron chi connectivity index (χ3n) is 2.52. The molecule has 0 amide bonds. The molecule has 16 heavy (non-hydrogen) atoms. The molecule has 0 aromatic rings. The highest BCUT2D eigenvalue weighted by Crippen LogP contribution is 2.13. The summed E-state index contributed by atoms with van der Waals surface area (Å²) in [5.41, 5.74) is 0. The van der Waals surface area contributed by atoms with E-state index in [2.05, 4.69) is 27.9 Å². The van der Waals surface area contributed by atoms with Gasteiger partial charge in [0.1, 0.15) is 0 Å². The van der Waals surface area contributed by atoms with Gasteiger partial charge in [-0.15, -0.1) is 0 Å². The number of allylic oxidation sites excluding steroid dienone is 1. The summed E-state index contributed by atoms with van der Waals surface area (Å²) in [6.45, 7) is 1.15. The van der Waals surface area contributed by atoms with Crippen LogP contribution < -0.4 is 5.32 Å². The first kappa shape index (κ1) is 13.9. The molecule has 2 N–H and O–H groups in total. The number of nitrogens with one attached hydrogen (secondary N) is 2. The van der Waals surface area contributed by atoms with Crippen LogP contribution in [0.1, 0.15) is 12.8 Å². The minimum atomic E-state index is -3.03. The van der Waals surface area contributed by atoms with E-state index in [0.717, 1.165) is 16.4 Å². The van der Waals surface area contributed by atoms with Crippen LogP contribution in [0.4, 0.5) is 0 Å². The molecule has 0 aliphatic carbocycles. The molecule has 1 heterocycles. The molecule has 7 heteroatoms. The zero-order valence-electron chi connectivity index (χ0n) is 9.11. The van der Waals surface area contributed by atoms with Gasteiger partial charge in [-0.25, -0.2) is 12.7 Å². The van der Waals surface area contributed by atoms with E-state index in [4.69, 9.17) is 5.41 Å². The van der Waals surface area contributed by atoms with Crippen LogP contribution >= 0.6 is 22.6 Å². The van der Waals surface area contributed by atoms with Gasteiger partial charge in [-0.05, 0) is 35.4 Å². The number of hydrogen-bond donors (Lipinski definition) is 2. The zero-order valence-corrected chi connectivity index (χ0v) is 12.1. The molecule has 0 aromatic heterocycles. The van der Waals surface area contributed by atoms with E-state index in [1.54, 1.807) is 6.20 Å². The third kappa shape index (κ3) is 4.38. The van der Waals surface area contributed by atoms with E-state index in [-0.39, 0.29) is 0 Å². The number of nitrogens with zero attached hydrogens (tertiary/aromatic N) is 1. The standard InChI is InChI=1S/C9H16IN3O2S/c1-16(14,15)13-4-2-9(3-5-13)12-7-8(10)6-11/h6-7,9,11-12H,2-5H2,1H3/b8-7+,11-6?. The molecule has 1 saturated heterocycles. The Bertz CT molecular complexity index is 372. The summed E-state index contributed by atoms with van der Waals surface area (Å²) in [5.74, 6) is 0. The summed E-state index contributed by atoms with van der Waals surface area (Å²) in [6, 6.07) is 0.308. The van der Waals surface area contributed by atoms with Gasteiger partial charge >= 0.3 is 0 Å². The van der Waals surface area contributed by atoms with Gasteiger partial charge in [-0.2, -0.15) is 0 Å². The van der Waals surface area contributed by atoms with Crippen LogP contribution in [0.3, 0.4) is 0 Å². The molecule has 1 rings (SSSR count). The predicted molar refractivity (Wildman–Crippen MR) is 73.5 cm³/mol. The number of halogens is 1. The minimum Gasteiger partial charge on any atom is -0.387 e. The molecule has 0 radical (unpaired) electrons. The molecule has 0 atom stereocenters. The van der Waals surface area contributed by atoms with Crippen molar-refractivity contribution in [2.45, 2.75) is 18.9 Å². The topological polar surface area (TPSA) is 73.3 Å². The maximum atomic E-state index is 11.3. The van der Waals surface area contributed by atoms with Crippen molar-refractivity contribution in [3.05, 3.63) is 9.78 Å². The van der Waals surface area contributed by atoms with Crippen molar-refractivity contribution in [3.63, 3.8) is 0 Å². The largest absolute Gasteiger partial charge is 0.387 e. The van der Waals surface area contributed by atoms with E-state index >= 15 is 0 Å². The van der Waals surface area contributed by atoms with Gasteiger partial charge in [0, 0.05) is 35.1 Å². The second kappa shape index (κ2) is 5.97. The fraction of sp³-hybridized carbons (Fsp3) is 0.667. The molecule has 0 bridgehead atoms. The second-order valence-corrected chi connectivity index (χ2v) is 7.00.